The molecule has 3 N–H and O–H groups in total. The van der Waals surface area contributed by atoms with E-state index in [4.69, 9.17) is 15.6 Å². The van der Waals surface area contributed by atoms with E-state index in [9.17, 15) is 4.79 Å². The molecule has 76 valence electrons. The van der Waals surface area contributed by atoms with Gasteiger partial charge in [-0.05, 0) is 25.7 Å². The molecule has 0 saturated heterocycles. The molecule has 4 nitrogen and oxygen atoms in total. The summed E-state index contributed by atoms with van der Waals surface area (Å²) >= 11 is 0. The molecule has 13 heavy (non-hydrogen) atoms. The molecule has 0 aromatic rings. The zero-order valence-corrected chi connectivity index (χ0v) is 7.74. The molecule has 1 saturated carbocycles. The third kappa shape index (κ3) is 3.32. The average molecular weight is 187 g/mol. The molecule has 1 unspecified atom stereocenters. The number of ether oxygens (including phenoxy) is 1. The molecule has 1 fully saturated rings. The van der Waals surface area contributed by atoms with E-state index in [-0.39, 0.29) is 12.7 Å². The van der Waals surface area contributed by atoms with Crippen LogP contribution in [0.1, 0.15) is 32.1 Å². The maximum Gasteiger partial charge on any atom is 0.325 e. The van der Waals surface area contributed by atoms with Crippen molar-refractivity contribution in [3.8, 4) is 0 Å². The van der Waals surface area contributed by atoms with Crippen LogP contribution in [0.5, 0.6) is 0 Å². The van der Waals surface area contributed by atoms with Crippen molar-refractivity contribution in [1.82, 2.24) is 0 Å². The highest BCUT2D eigenvalue weighted by Gasteiger charge is 2.21. The van der Waals surface area contributed by atoms with Crippen LogP contribution in [0, 0.1) is 0 Å². The number of carbonyl (C=O) groups excluding carboxylic acids is 1. The van der Waals surface area contributed by atoms with Crippen LogP contribution in [0.2, 0.25) is 0 Å². The van der Waals surface area contributed by atoms with E-state index in [1.807, 2.05) is 0 Å². The van der Waals surface area contributed by atoms with Gasteiger partial charge in [-0.25, -0.2) is 0 Å². The minimum absolute atomic E-state index is 0.0267. The van der Waals surface area contributed by atoms with E-state index in [0.717, 1.165) is 25.7 Å². The van der Waals surface area contributed by atoms with Gasteiger partial charge in [-0.3, -0.25) is 4.79 Å². The van der Waals surface area contributed by atoms with Crippen LogP contribution >= 0.6 is 0 Å². The van der Waals surface area contributed by atoms with Crippen molar-refractivity contribution < 1.29 is 14.6 Å². The van der Waals surface area contributed by atoms with Crippen molar-refractivity contribution in [2.45, 2.75) is 44.2 Å². The summed E-state index contributed by atoms with van der Waals surface area (Å²) in [6.07, 6.45) is 5.35. The Morgan fingerprint density at radius 2 is 2.08 bits per heavy atom. The summed E-state index contributed by atoms with van der Waals surface area (Å²) in [7, 11) is 0. The normalized spacial score (nSPS) is 21.1. The van der Waals surface area contributed by atoms with Crippen LogP contribution in [0.3, 0.4) is 0 Å². The third-order valence-electron chi connectivity index (χ3n) is 2.33. The Hall–Kier alpha value is -0.610. The van der Waals surface area contributed by atoms with Crippen LogP contribution < -0.4 is 5.73 Å². The molecule has 0 amide bonds. The lowest BCUT2D eigenvalue weighted by Crippen LogP contribution is -2.38. The quantitative estimate of drug-likeness (QED) is 0.618. The topological polar surface area (TPSA) is 72.5 Å². The summed E-state index contributed by atoms with van der Waals surface area (Å²) in [5.41, 5.74) is 5.31. The minimum Gasteiger partial charge on any atom is -0.461 e. The second-order valence-electron chi connectivity index (χ2n) is 3.49. The van der Waals surface area contributed by atoms with Crippen molar-refractivity contribution >= 4 is 5.97 Å². The van der Waals surface area contributed by atoms with E-state index in [0.29, 0.717) is 0 Å². The van der Waals surface area contributed by atoms with E-state index >= 15 is 0 Å². The molecule has 0 aromatic carbocycles. The fourth-order valence-corrected chi connectivity index (χ4v) is 1.51. The van der Waals surface area contributed by atoms with E-state index in [2.05, 4.69) is 0 Å². The second-order valence-corrected chi connectivity index (χ2v) is 3.49. The van der Waals surface area contributed by atoms with Crippen molar-refractivity contribution in [1.29, 1.82) is 0 Å². The largest absolute Gasteiger partial charge is 0.461 e. The van der Waals surface area contributed by atoms with E-state index in [1.54, 1.807) is 0 Å². The second kappa shape index (κ2) is 5.19. The van der Waals surface area contributed by atoms with Crippen LogP contribution in [0.4, 0.5) is 0 Å². The van der Waals surface area contributed by atoms with Gasteiger partial charge in [-0.2, -0.15) is 0 Å². The lowest BCUT2D eigenvalue weighted by Gasteiger charge is -2.22. The molecular formula is C9H17NO3. The minimum atomic E-state index is -0.873. The highest BCUT2D eigenvalue weighted by molar-refractivity contribution is 5.75. The predicted octanol–water partition coefficient (Wildman–Crippen LogP) is 0.182. The van der Waals surface area contributed by atoms with Crippen molar-refractivity contribution in [2.24, 2.45) is 5.73 Å². The molecule has 1 atom stereocenters. The van der Waals surface area contributed by atoms with Gasteiger partial charge in [0.1, 0.15) is 12.1 Å². The number of hydrogen-bond acceptors (Lipinski definition) is 4. The molecule has 1 aliphatic rings. The molecule has 1 aliphatic carbocycles. The summed E-state index contributed by atoms with van der Waals surface area (Å²) in [4.78, 5) is 11.1. The van der Waals surface area contributed by atoms with Crippen molar-refractivity contribution in [3.63, 3.8) is 0 Å². The van der Waals surface area contributed by atoms with Gasteiger partial charge in [0.05, 0.1) is 6.61 Å². The van der Waals surface area contributed by atoms with Gasteiger partial charge in [-0.15, -0.1) is 0 Å². The Balaban J connectivity index is 2.26. The van der Waals surface area contributed by atoms with Crippen LogP contribution in [-0.2, 0) is 9.53 Å². The Morgan fingerprint density at radius 1 is 1.46 bits per heavy atom. The fraction of sp³-hybridized carbons (Fsp3) is 0.889. The molecule has 0 bridgehead atoms. The number of esters is 1. The van der Waals surface area contributed by atoms with Gasteiger partial charge in [0.25, 0.3) is 0 Å². The molecular weight excluding hydrogens is 170 g/mol. The first-order valence-corrected chi connectivity index (χ1v) is 4.81. The Bertz CT molecular complexity index is 166. The van der Waals surface area contributed by atoms with Gasteiger partial charge in [0.15, 0.2) is 0 Å². The standard InChI is InChI=1S/C9H17NO3/c10-8(6-11)9(12)13-7-4-2-1-3-5-7/h7-8,11H,1-6,10H2. The van der Waals surface area contributed by atoms with Crippen LogP contribution in [0.25, 0.3) is 0 Å². The summed E-state index contributed by atoms with van der Waals surface area (Å²) < 4.78 is 5.12. The van der Waals surface area contributed by atoms with Crippen molar-refractivity contribution in [2.75, 3.05) is 6.61 Å². The third-order valence-corrected chi connectivity index (χ3v) is 2.33. The molecule has 0 aromatic heterocycles. The predicted molar refractivity (Wildman–Crippen MR) is 48.0 cm³/mol. The first-order valence-electron chi connectivity index (χ1n) is 4.81. The molecule has 0 radical (unpaired) electrons. The summed E-state index contributed by atoms with van der Waals surface area (Å²) in [6.45, 7) is -0.342. The van der Waals surface area contributed by atoms with Gasteiger partial charge < -0.3 is 15.6 Å². The monoisotopic (exact) mass is 187 g/mol. The van der Waals surface area contributed by atoms with Gasteiger partial charge in [0.2, 0.25) is 0 Å². The summed E-state index contributed by atoms with van der Waals surface area (Å²) in [6, 6.07) is -0.873. The van der Waals surface area contributed by atoms with Crippen molar-refractivity contribution in [3.05, 3.63) is 0 Å². The number of nitrogens with two attached hydrogens (primary N) is 1. The Morgan fingerprint density at radius 3 is 2.62 bits per heavy atom. The Kier molecular flexibility index (Phi) is 4.18. The first-order chi connectivity index (χ1) is 6.24. The zero-order valence-electron chi connectivity index (χ0n) is 7.74. The Labute approximate surface area is 78.1 Å². The number of rotatable bonds is 3. The molecule has 0 aliphatic heterocycles. The SMILES string of the molecule is NC(CO)C(=O)OC1CCCCC1. The number of aliphatic hydroxyl groups is 1. The van der Waals surface area contributed by atoms with E-state index in [1.165, 1.54) is 6.42 Å². The van der Waals surface area contributed by atoms with Gasteiger partial charge in [-0.1, -0.05) is 6.42 Å². The van der Waals surface area contributed by atoms with Crippen LogP contribution in [0.15, 0.2) is 0 Å². The van der Waals surface area contributed by atoms with E-state index < -0.39 is 12.0 Å². The lowest BCUT2D eigenvalue weighted by atomic mass is 9.98. The average Bonchev–Trinajstić information content (AvgIpc) is 2.18. The zero-order chi connectivity index (χ0) is 9.68. The maximum atomic E-state index is 11.1. The van der Waals surface area contributed by atoms with Crippen LogP contribution in [-0.4, -0.2) is 29.8 Å². The fourth-order valence-electron chi connectivity index (χ4n) is 1.51. The number of aliphatic hydroxyl groups excluding tert-OH is 1. The molecule has 0 heterocycles. The molecule has 0 spiro atoms. The van der Waals surface area contributed by atoms with Gasteiger partial charge in [0, 0.05) is 0 Å². The lowest BCUT2D eigenvalue weighted by molar-refractivity contribution is -0.153. The summed E-state index contributed by atoms with van der Waals surface area (Å²) in [5, 5.41) is 8.61. The first kappa shape index (κ1) is 10.5. The van der Waals surface area contributed by atoms with Gasteiger partial charge >= 0.3 is 5.97 Å². The molecule has 1 rings (SSSR count). The summed E-state index contributed by atoms with van der Waals surface area (Å²) in [5.74, 6) is -0.477. The maximum absolute atomic E-state index is 11.1. The smallest absolute Gasteiger partial charge is 0.325 e. The molecule has 4 heteroatoms. The number of carbonyl (C=O) groups is 1. The number of hydrogen-bond donors (Lipinski definition) is 2. The highest BCUT2D eigenvalue weighted by atomic mass is 16.5. The highest BCUT2D eigenvalue weighted by Crippen LogP contribution is 2.20.